The first kappa shape index (κ1) is 20.7. The SMILES string of the molecule is CN1CC(c2ccco2)C2(SC(=S)N(Cc3ccccc3)C2=O)C12C(=O)Nc1ccccc12. The molecule has 3 aromatic rings. The molecule has 0 aliphatic carbocycles. The Balaban J connectivity index is 1.57. The lowest BCUT2D eigenvalue weighted by molar-refractivity contribution is -0.138. The molecule has 33 heavy (non-hydrogen) atoms. The van der Waals surface area contributed by atoms with E-state index in [-0.39, 0.29) is 17.7 Å². The summed E-state index contributed by atoms with van der Waals surface area (Å²) < 4.78 is 5.12. The van der Waals surface area contributed by atoms with E-state index in [1.165, 1.54) is 11.8 Å². The number of fused-ring (bicyclic) bond motifs is 3. The van der Waals surface area contributed by atoms with Crippen molar-refractivity contribution in [3.8, 4) is 0 Å². The van der Waals surface area contributed by atoms with Crippen LogP contribution in [0.5, 0.6) is 0 Å². The Bertz CT molecular complexity index is 1280. The van der Waals surface area contributed by atoms with Crippen LogP contribution in [0.4, 0.5) is 5.69 Å². The summed E-state index contributed by atoms with van der Waals surface area (Å²) in [7, 11) is 1.91. The quantitative estimate of drug-likeness (QED) is 0.579. The molecule has 6 rings (SSSR count). The molecular formula is C25H21N3O3S2. The van der Waals surface area contributed by atoms with Crippen LogP contribution in [0.15, 0.2) is 77.4 Å². The lowest BCUT2D eigenvalue weighted by atomic mass is 9.73. The number of likely N-dealkylation sites (N-methyl/N-ethyl adjacent to an activating group) is 1. The second-order valence-electron chi connectivity index (χ2n) is 8.64. The molecule has 0 saturated carbocycles. The third-order valence-corrected chi connectivity index (χ3v) is 8.99. The van der Waals surface area contributed by atoms with Crippen LogP contribution in [-0.2, 0) is 21.7 Å². The van der Waals surface area contributed by atoms with Crippen LogP contribution < -0.4 is 5.32 Å². The highest BCUT2D eigenvalue weighted by atomic mass is 32.2. The molecule has 2 aromatic carbocycles. The lowest BCUT2D eigenvalue weighted by Gasteiger charge is -2.41. The number of hydrogen-bond acceptors (Lipinski definition) is 6. The van der Waals surface area contributed by atoms with Crippen molar-refractivity contribution in [2.24, 2.45) is 0 Å². The van der Waals surface area contributed by atoms with Gasteiger partial charge in [0.05, 0.1) is 18.7 Å². The zero-order valence-corrected chi connectivity index (χ0v) is 19.5. The Morgan fingerprint density at radius 1 is 1.09 bits per heavy atom. The zero-order valence-electron chi connectivity index (χ0n) is 17.9. The summed E-state index contributed by atoms with van der Waals surface area (Å²) in [5, 5.41) is 3.04. The summed E-state index contributed by atoms with van der Waals surface area (Å²) in [6, 6.07) is 21.1. The Morgan fingerprint density at radius 2 is 1.85 bits per heavy atom. The van der Waals surface area contributed by atoms with Gasteiger partial charge in [0.1, 0.15) is 14.8 Å². The second-order valence-corrected chi connectivity index (χ2v) is 10.5. The molecule has 2 fully saturated rings. The maximum absolute atomic E-state index is 14.5. The van der Waals surface area contributed by atoms with Gasteiger partial charge in [-0.3, -0.25) is 19.4 Å². The number of rotatable bonds is 3. The first-order valence-electron chi connectivity index (χ1n) is 10.7. The number of furan rings is 1. The Hall–Kier alpha value is -2.94. The summed E-state index contributed by atoms with van der Waals surface area (Å²) in [6.07, 6.45) is 1.61. The topological polar surface area (TPSA) is 65.8 Å². The fraction of sp³-hybridized carbons (Fsp3) is 0.240. The summed E-state index contributed by atoms with van der Waals surface area (Å²) in [5.41, 5.74) is 1.31. The van der Waals surface area contributed by atoms with Gasteiger partial charge in [0, 0.05) is 17.8 Å². The van der Waals surface area contributed by atoms with Gasteiger partial charge in [0.2, 0.25) is 5.91 Å². The average Bonchev–Trinajstić information content (AvgIpc) is 3.55. The molecule has 2 saturated heterocycles. The molecule has 8 heteroatoms. The number of carbonyl (C=O) groups is 2. The molecule has 1 N–H and O–H groups in total. The van der Waals surface area contributed by atoms with Crippen molar-refractivity contribution in [3.05, 3.63) is 89.9 Å². The van der Waals surface area contributed by atoms with Crippen LogP contribution in [0.1, 0.15) is 22.8 Å². The van der Waals surface area contributed by atoms with E-state index in [1.807, 2.05) is 78.7 Å². The van der Waals surface area contributed by atoms with Gasteiger partial charge >= 0.3 is 0 Å². The standard InChI is InChI=1S/C25H21N3O3S2/c1-27-15-18(20-12-7-13-31-20)25(24(27)17-10-5-6-11-19(17)26-21(24)29)22(30)28(23(32)33-25)14-16-8-3-2-4-9-16/h2-13,18H,14-15H2,1H3,(H,26,29). The van der Waals surface area contributed by atoms with Crippen molar-refractivity contribution >= 4 is 45.8 Å². The first-order chi connectivity index (χ1) is 16.0. The highest BCUT2D eigenvalue weighted by Crippen LogP contribution is 2.65. The van der Waals surface area contributed by atoms with Crippen molar-refractivity contribution in [3.63, 3.8) is 0 Å². The number of thiocarbonyl (C=S) groups is 1. The number of para-hydroxylation sites is 1. The van der Waals surface area contributed by atoms with Gasteiger partial charge in [-0.1, -0.05) is 72.5 Å². The number of carbonyl (C=O) groups excluding carboxylic acids is 2. The number of hydrogen-bond donors (Lipinski definition) is 1. The molecule has 3 aliphatic heterocycles. The molecule has 3 atom stereocenters. The minimum Gasteiger partial charge on any atom is -0.469 e. The van der Waals surface area contributed by atoms with Gasteiger partial charge in [-0.15, -0.1) is 0 Å². The number of nitrogens with one attached hydrogen (secondary N) is 1. The van der Waals surface area contributed by atoms with E-state index in [2.05, 4.69) is 5.32 Å². The molecule has 4 heterocycles. The first-order valence-corrected chi connectivity index (χ1v) is 12.0. The predicted molar refractivity (Wildman–Crippen MR) is 131 cm³/mol. The van der Waals surface area contributed by atoms with E-state index in [9.17, 15) is 9.59 Å². The fourth-order valence-electron chi connectivity index (χ4n) is 5.72. The molecule has 2 amide bonds. The van der Waals surface area contributed by atoms with E-state index in [1.54, 1.807) is 11.2 Å². The van der Waals surface area contributed by atoms with Crippen LogP contribution in [-0.4, -0.2) is 44.3 Å². The summed E-state index contributed by atoms with van der Waals surface area (Å²) in [6.45, 7) is 0.844. The molecule has 166 valence electrons. The van der Waals surface area contributed by atoms with Gasteiger partial charge < -0.3 is 9.73 Å². The van der Waals surface area contributed by atoms with Gasteiger partial charge in [0.25, 0.3) is 5.91 Å². The minimum absolute atomic E-state index is 0.154. The highest BCUT2D eigenvalue weighted by Gasteiger charge is 2.78. The van der Waals surface area contributed by atoms with E-state index in [4.69, 9.17) is 16.6 Å². The summed E-state index contributed by atoms with van der Waals surface area (Å²) >= 11 is 7.12. The molecule has 0 radical (unpaired) electrons. The molecule has 1 aromatic heterocycles. The largest absolute Gasteiger partial charge is 0.469 e. The van der Waals surface area contributed by atoms with Crippen LogP contribution in [0.3, 0.4) is 0 Å². The Labute approximate surface area is 200 Å². The van der Waals surface area contributed by atoms with E-state index in [0.29, 0.717) is 23.2 Å². The Morgan fingerprint density at radius 3 is 2.61 bits per heavy atom. The predicted octanol–water partition coefficient (Wildman–Crippen LogP) is 3.96. The van der Waals surface area contributed by atoms with E-state index < -0.39 is 10.3 Å². The van der Waals surface area contributed by atoms with Gasteiger partial charge in [-0.25, -0.2) is 0 Å². The molecule has 0 bridgehead atoms. The summed E-state index contributed by atoms with van der Waals surface area (Å²) in [5.74, 6) is -0.0313. The second kappa shape index (κ2) is 7.28. The van der Waals surface area contributed by atoms with Gasteiger partial charge in [-0.05, 0) is 30.8 Å². The molecule has 3 unspecified atom stereocenters. The van der Waals surface area contributed by atoms with Crippen molar-refractivity contribution in [1.29, 1.82) is 0 Å². The van der Waals surface area contributed by atoms with Crippen molar-refractivity contribution in [1.82, 2.24) is 9.80 Å². The number of anilines is 1. The molecular weight excluding hydrogens is 454 g/mol. The van der Waals surface area contributed by atoms with Gasteiger partial charge in [-0.2, -0.15) is 0 Å². The van der Waals surface area contributed by atoms with Gasteiger partial charge in [0.15, 0.2) is 5.54 Å². The number of nitrogens with zero attached hydrogens (tertiary/aromatic N) is 2. The highest BCUT2D eigenvalue weighted by molar-refractivity contribution is 8.25. The number of amides is 2. The van der Waals surface area contributed by atoms with Crippen molar-refractivity contribution in [2.75, 3.05) is 18.9 Å². The number of benzene rings is 2. The van der Waals surface area contributed by atoms with Crippen molar-refractivity contribution in [2.45, 2.75) is 22.7 Å². The van der Waals surface area contributed by atoms with Crippen LogP contribution in [0, 0.1) is 0 Å². The normalized spacial score (nSPS) is 28.8. The number of thioether (sulfide) groups is 1. The smallest absolute Gasteiger partial charge is 0.251 e. The van der Waals surface area contributed by atoms with Crippen LogP contribution >= 0.6 is 24.0 Å². The minimum atomic E-state index is -1.21. The van der Waals surface area contributed by atoms with Crippen molar-refractivity contribution < 1.29 is 14.0 Å². The third kappa shape index (κ3) is 2.57. The third-order valence-electron chi connectivity index (χ3n) is 7.05. The van der Waals surface area contributed by atoms with Crippen LogP contribution in [0.2, 0.25) is 0 Å². The molecule has 2 spiro atoms. The fourth-order valence-corrected chi connectivity index (χ4v) is 7.83. The lowest BCUT2D eigenvalue weighted by Crippen LogP contribution is -2.61. The van der Waals surface area contributed by atoms with E-state index >= 15 is 0 Å². The Kier molecular flexibility index (Phi) is 4.56. The van der Waals surface area contributed by atoms with E-state index in [0.717, 1.165) is 16.8 Å². The monoisotopic (exact) mass is 475 g/mol. The number of likely N-dealkylation sites (tertiary alicyclic amines) is 1. The maximum Gasteiger partial charge on any atom is 0.251 e. The maximum atomic E-state index is 14.5. The zero-order chi connectivity index (χ0) is 22.8. The summed E-state index contributed by atoms with van der Waals surface area (Å²) in [4.78, 5) is 32.0. The van der Waals surface area contributed by atoms with Crippen LogP contribution in [0.25, 0.3) is 0 Å². The molecule has 6 nitrogen and oxygen atoms in total. The average molecular weight is 476 g/mol. The molecule has 3 aliphatic rings.